The van der Waals surface area contributed by atoms with E-state index in [0.29, 0.717) is 12.4 Å². The highest BCUT2D eigenvalue weighted by Gasteiger charge is 2.18. The fourth-order valence-electron chi connectivity index (χ4n) is 1.45. The van der Waals surface area contributed by atoms with E-state index in [-0.39, 0.29) is 11.3 Å². The second-order valence-electron chi connectivity index (χ2n) is 4.62. The first-order chi connectivity index (χ1) is 7.55. The van der Waals surface area contributed by atoms with Crippen molar-refractivity contribution in [2.24, 2.45) is 5.41 Å². The van der Waals surface area contributed by atoms with Crippen LogP contribution in [-0.4, -0.2) is 18.3 Å². The molecule has 2 nitrogen and oxygen atoms in total. The van der Waals surface area contributed by atoms with Crippen LogP contribution in [0, 0.1) is 5.41 Å². The van der Waals surface area contributed by atoms with E-state index < -0.39 is 0 Å². The average Bonchev–Trinajstić information content (AvgIpc) is 2.77. The molecular weight excluding hydrogens is 242 g/mol. The van der Waals surface area contributed by atoms with E-state index in [4.69, 9.17) is 11.6 Å². The van der Waals surface area contributed by atoms with Crippen LogP contribution in [0.3, 0.4) is 0 Å². The molecule has 1 rings (SSSR count). The van der Waals surface area contributed by atoms with Gasteiger partial charge in [0.2, 0.25) is 0 Å². The number of thiophene rings is 1. The molecule has 1 aromatic rings. The van der Waals surface area contributed by atoms with Gasteiger partial charge >= 0.3 is 0 Å². The molecule has 16 heavy (non-hydrogen) atoms. The van der Waals surface area contributed by atoms with Gasteiger partial charge in [0.1, 0.15) is 0 Å². The van der Waals surface area contributed by atoms with E-state index in [0.717, 1.165) is 17.7 Å². The Morgan fingerprint density at radius 3 is 2.88 bits per heavy atom. The molecule has 1 N–H and O–H groups in total. The Morgan fingerprint density at radius 1 is 1.56 bits per heavy atom. The van der Waals surface area contributed by atoms with Crippen LogP contribution in [0.25, 0.3) is 0 Å². The van der Waals surface area contributed by atoms with Crippen molar-refractivity contribution >= 4 is 28.8 Å². The number of hydrogen-bond acceptors (Lipinski definition) is 2. The largest absolute Gasteiger partial charge is 0.351 e. The van der Waals surface area contributed by atoms with Gasteiger partial charge < -0.3 is 5.32 Å². The highest BCUT2D eigenvalue weighted by atomic mass is 35.5. The first-order valence-corrected chi connectivity index (χ1v) is 6.84. The molecule has 0 saturated heterocycles. The van der Waals surface area contributed by atoms with Crippen LogP contribution in [0.5, 0.6) is 0 Å². The summed E-state index contributed by atoms with van der Waals surface area (Å²) in [5.41, 5.74) is 0.113. The molecular formula is C12H18ClNOS. The average molecular weight is 260 g/mol. The first kappa shape index (κ1) is 13.5. The number of carbonyl (C=O) groups is 1. The summed E-state index contributed by atoms with van der Waals surface area (Å²) in [5, 5.41) is 4.87. The van der Waals surface area contributed by atoms with Crippen LogP contribution in [-0.2, 0) is 0 Å². The first-order valence-electron chi connectivity index (χ1n) is 5.43. The molecule has 90 valence electrons. The second-order valence-corrected chi connectivity index (χ2v) is 5.94. The van der Waals surface area contributed by atoms with Crippen LogP contribution < -0.4 is 5.32 Å². The van der Waals surface area contributed by atoms with E-state index in [1.807, 2.05) is 17.5 Å². The van der Waals surface area contributed by atoms with E-state index >= 15 is 0 Å². The van der Waals surface area contributed by atoms with Gasteiger partial charge in [0.05, 0.1) is 4.88 Å². The van der Waals surface area contributed by atoms with Gasteiger partial charge in [-0.15, -0.1) is 22.9 Å². The van der Waals surface area contributed by atoms with Gasteiger partial charge in [0.25, 0.3) is 5.91 Å². The minimum atomic E-state index is 0.0222. The SMILES string of the molecule is CC(C)(CCCCl)CNC(=O)c1cccs1. The number of amides is 1. The van der Waals surface area contributed by atoms with Crippen molar-refractivity contribution in [3.05, 3.63) is 22.4 Å². The molecule has 0 unspecified atom stereocenters. The van der Waals surface area contributed by atoms with Crippen LogP contribution in [0.2, 0.25) is 0 Å². The lowest BCUT2D eigenvalue weighted by atomic mass is 9.88. The summed E-state index contributed by atoms with van der Waals surface area (Å²) in [6.07, 6.45) is 2.02. The fourth-order valence-corrected chi connectivity index (χ4v) is 2.22. The summed E-state index contributed by atoms with van der Waals surface area (Å²) in [5.74, 6) is 0.705. The van der Waals surface area contributed by atoms with Crippen LogP contribution in [0.4, 0.5) is 0 Å². The maximum atomic E-state index is 11.7. The minimum Gasteiger partial charge on any atom is -0.351 e. The summed E-state index contributed by atoms with van der Waals surface area (Å²) in [6.45, 7) is 4.99. The zero-order chi connectivity index (χ0) is 12.0. The summed E-state index contributed by atoms with van der Waals surface area (Å²) in [4.78, 5) is 12.5. The van der Waals surface area contributed by atoms with E-state index in [9.17, 15) is 4.79 Å². The molecule has 0 aliphatic heterocycles. The third kappa shape index (κ3) is 4.54. The number of carbonyl (C=O) groups excluding carboxylic acids is 1. The van der Waals surface area contributed by atoms with Crippen LogP contribution in [0.15, 0.2) is 17.5 Å². The van der Waals surface area contributed by atoms with Crippen molar-refractivity contribution in [1.82, 2.24) is 5.32 Å². The van der Waals surface area contributed by atoms with Crippen LogP contribution in [0.1, 0.15) is 36.4 Å². The van der Waals surface area contributed by atoms with Crippen molar-refractivity contribution in [3.8, 4) is 0 Å². The lowest BCUT2D eigenvalue weighted by molar-refractivity contribution is 0.0938. The highest BCUT2D eigenvalue weighted by Crippen LogP contribution is 2.21. The maximum Gasteiger partial charge on any atom is 0.261 e. The molecule has 1 aromatic heterocycles. The third-order valence-electron chi connectivity index (χ3n) is 2.46. The van der Waals surface area contributed by atoms with Gasteiger partial charge in [0.15, 0.2) is 0 Å². The van der Waals surface area contributed by atoms with Gasteiger partial charge in [-0.05, 0) is 29.7 Å². The molecule has 0 aliphatic carbocycles. The Bertz CT molecular complexity index is 322. The van der Waals surface area contributed by atoms with E-state index in [1.54, 1.807) is 0 Å². The van der Waals surface area contributed by atoms with E-state index in [2.05, 4.69) is 19.2 Å². The van der Waals surface area contributed by atoms with E-state index in [1.165, 1.54) is 11.3 Å². The fraction of sp³-hybridized carbons (Fsp3) is 0.583. The zero-order valence-electron chi connectivity index (χ0n) is 9.75. The van der Waals surface area contributed by atoms with Gasteiger partial charge in [-0.25, -0.2) is 0 Å². The van der Waals surface area contributed by atoms with Crippen molar-refractivity contribution in [1.29, 1.82) is 0 Å². The topological polar surface area (TPSA) is 29.1 Å². The predicted molar refractivity (Wildman–Crippen MR) is 70.4 cm³/mol. The number of hydrogen-bond donors (Lipinski definition) is 1. The Kier molecular flexibility index (Phi) is 5.29. The smallest absolute Gasteiger partial charge is 0.261 e. The summed E-state index contributed by atoms with van der Waals surface area (Å²) < 4.78 is 0. The molecule has 4 heteroatoms. The zero-order valence-corrected chi connectivity index (χ0v) is 11.3. The quantitative estimate of drug-likeness (QED) is 0.778. The standard InChI is InChI=1S/C12H18ClNOS/c1-12(2,6-4-7-13)9-14-11(15)10-5-3-8-16-10/h3,5,8H,4,6-7,9H2,1-2H3,(H,14,15). The Hall–Kier alpha value is -0.540. The number of alkyl halides is 1. The normalized spacial score (nSPS) is 11.4. The maximum absolute atomic E-state index is 11.7. The lowest BCUT2D eigenvalue weighted by Crippen LogP contribution is -2.33. The molecule has 0 atom stereocenters. The summed E-state index contributed by atoms with van der Waals surface area (Å²) in [7, 11) is 0. The predicted octanol–water partition coefficient (Wildman–Crippen LogP) is 3.52. The molecule has 0 spiro atoms. The molecule has 0 radical (unpaired) electrons. The van der Waals surface area contributed by atoms with Gasteiger partial charge in [-0.2, -0.15) is 0 Å². The van der Waals surface area contributed by atoms with Crippen LogP contribution >= 0.6 is 22.9 Å². The van der Waals surface area contributed by atoms with Crippen molar-refractivity contribution in [2.45, 2.75) is 26.7 Å². The molecule has 1 heterocycles. The second kappa shape index (κ2) is 6.26. The van der Waals surface area contributed by atoms with Crippen molar-refractivity contribution in [2.75, 3.05) is 12.4 Å². The lowest BCUT2D eigenvalue weighted by Gasteiger charge is -2.24. The molecule has 1 amide bonds. The number of rotatable bonds is 6. The third-order valence-corrected chi connectivity index (χ3v) is 3.60. The Balaban J connectivity index is 2.36. The molecule has 0 fully saturated rings. The van der Waals surface area contributed by atoms with Crippen molar-refractivity contribution < 1.29 is 4.79 Å². The molecule has 0 aliphatic rings. The Morgan fingerprint density at radius 2 is 2.31 bits per heavy atom. The monoisotopic (exact) mass is 259 g/mol. The molecule has 0 bridgehead atoms. The summed E-state index contributed by atoms with van der Waals surface area (Å²) in [6, 6.07) is 3.73. The van der Waals surface area contributed by atoms with Gasteiger partial charge in [-0.1, -0.05) is 19.9 Å². The summed E-state index contributed by atoms with van der Waals surface area (Å²) >= 11 is 7.13. The molecule has 0 aromatic carbocycles. The highest BCUT2D eigenvalue weighted by molar-refractivity contribution is 7.12. The molecule has 0 saturated carbocycles. The van der Waals surface area contributed by atoms with Crippen molar-refractivity contribution in [3.63, 3.8) is 0 Å². The van der Waals surface area contributed by atoms with Gasteiger partial charge in [0, 0.05) is 12.4 Å². The number of halogens is 1. The number of nitrogens with one attached hydrogen (secondary N) is 1. The Labute approximate surface area is 106 Å². The minimum absolute atomic E-state index is 0.0222. The van der Waals surface area contributed by atoms with Gasteiger partial charge in [-0.3, -0.25) is 4.79 Å².